The molecule has 0 amide bonds. The molecule has 0 atom stereocenters. The summed E-state index contributed by atoms with van der Waals surface area (Å²) in [4.78, 5) is 4.66. The molecule has 0 rings (SSSR count). The van der Waals surface area contributed by atoms with Crippen molar-refractivity contribution in [3.8, 4) is 0 Å². The molecule has 42 heteroatoms. The normalized spacial score (nSPS) is 5.89. The summed E-state index contributed by atoms with van der Waals surface area (Å²) in [6.07, 6.45) is 24.8. The average Bonchev–Trinajstić information content (AvgIpc) is 3.03. The fraction of sp³-hybridized carbons (Fsp3) is 0.448. The number of allylic oxidation sites excluding steroid dienone is 6. The monoisotopic (exact) mass is 7160 g/mol. The van der Waals surface area contributed by atoms with Gasteiger partial charge in [-0.2, -0.15) is 0 Å². The van der Waals surface area contributed by atoms with Gasteiger partial charge in [0.25, 0.3) is 0 Å². The van der Waals surface area contributed by atoms with Crippen LogP contribution in [0.4, 0.5) is 0 Å². The number of rotatable bonds is 20. The molecule has 0 aromatic rings. The van der Waals surface area contributed by atoms with Crippen molar-refractivity contribution in [2.24, 2.45) is 0 Å². The van der Waals surface area contributed by atoms with E-state index in [4.69, 9.17) is 20.9 Å². The van der Waals surface area contributed by atoms with Crippen molar-refractivity contribution in [1.82, 2.24) is 9.80 Å². The predicted molar refractivity (Wildman–Crippen MR) is 161 cm³/mol. The largest absolute Gasteiger partial charge is 0 e. The predicted octanol–water partition coefficient (Wildman–Crippen LogP) is 3.75. The first-order chi connectivity index (χ1) is 20.3. The van der Waals surface area contributed by atoms with Gasteiger partial charge in [-0.15, -0.1) is 6.22 Å². The Labute approximate surface area is 946 Å². The maximum atomic E-state index is 5.63. The molecule has 0 aromatic carbocycles. The van der Waals surface area contributed by atoms with Gasteiger partial charge < -0.3 is 0 Å². The first-order valence-corrected chi connectivity index (χ1v) is 41.5. The minimum absolute atomic E-state index is 0. The molecule has 0 unspecified atom stereocenters. The van der Waals surface area contributed by atoms with Crippen LogP contribution in [0.3, 0.4) is 0 Å². The van der Waals surface area contributed by atoms with Crippen LogP contribution in [-0.2, 0) is 765 Å². The van der Waals surface area contributed by atoms with Crippen LogP contribution < -0.4 is 0 Å². The van der Waals surface area contributed by atoms with E-state index >= 15 is 0 Å². The van der Waals surface area contributed by atoms with E-state index in [9.17, 15) is 0 Å². The Morgan fingerprint density at radius 1 is 0.493 bits per heavy atom. The van der Waals surface area contributed by atoms with Gasteiger partial charge in [0.1, 0.15) is 0 Å². The van der Waals surface area contributed by atoms with E-state index in [1.165, 1.54) is 97.4 Å². The molecule has 0 N–H and O–H groups in total. The Hall–Kier alpha value is 23.9. The van der Waals surface area contributed by atoms with Gasteiger partial charge in [0, 0.05) is 630 Å². The summed E-state index contributed by atoms with van der Waals surface area (Å²) < 4.78 is 7.17. The third-order valence-corrected chi connectivity index (χ3v) is 7.75. The van der Waals surface area contributed by atoms with Gasteiger partial charge in [-0.25, -0.2) is 0 Å². The van der Waals surface area contributed by atoms with E-state index in [2.05, 4.69) is 90.0 Å². The summed E-state index contributed by atoms with van der Waals surface area (Å²) >= 11 is 12.7. The van der Waals surface area contributed by atoms with Crippen molar-refractivity contribution in [2.45, 2.75) is 46.6 Å². The zero-order valence-corrected chi connectivity index (χ0v) is 146. The molecule has 0 spiro atoms. The van der Waals surface area contributed by atoms with Crippen LogP contribution >= 0.6 is 0 Å². The Bertz CT molecular complexity index is 796. The van der Waals surface area contributed by atoms with Crippen LogP contribution in [0.1, 0.15) is 27.7 Å². The molecule has 0 saturated heterocycles. The van der Waals surface area contributed by atoms with E-state index < -0.39 is 0 Å². The second-order valence-electron chi connectivity index (χ2n) is 7.76. The topological polar surface area (TPSA) is 6.48 Å². The minimum atomic E-state index is 0. The molecule has 0 aromatic heterocycles. The summed E-state index contributed by atoms with van der Waals surface area (Å²) in [6.45, 7) is 25.3. The number of nitrogens with zero attached hydrogens (tertiary/aromatic N) is 2. The maximum Gasteiger partial charge on any atom is 0 e. The van der Waals surface area contributed by atoms with Crippen LogP contribution in [-0.4, -0.2) is 87.3 Å². The summed E-state index contributed by atoms with van der Waals surface area (Å²) in [5.41, 5.74) is 0. The van der Waals surface area contributed by atoms with E-state index in [0.717, 1.165) is 58.1 Å². The van der Waals surface area contributed by atoms with Gasteiger partial charge in [0.05, 0.1) is 13.9 Å². The van der Waals surface area contributed by atoms with Crippen LogP contribution in [0.25, 0.3) is 0 Å². The van der Waals surface area contributed by atoms with Crippen molar-refractivity contribution < 1.29 is 765 Å². The molecule has 2 nitrogen and oxygen atoms in total. The average molecular weight is 7160 g/mol. The molecule has 0 heterocycles. The van der Waals surface area contributed by atoms with Crippen LogP contribution in [0.15, 0.2) is 48.6 Å². The van der Waals surface area contributed by atoms with E-state index in [1.807, 2.05) is 0 Å². The Kier molecular flexibility index (Phi) is 694. The van der Waals surface area contributed by atoms with Crippen LogP contribution in [0.2, 0.25) is 18.9 Å². The number of hydrogen-bond acceptors (Lipinski definition) is 2. The molecule has 400 valence electrons. The van der Waals surface area contributed by atoms with E-state index in [-0.39, 0.29) is 623 Å². The molecule has 0 aliphatic carbocycles. The second kappa shape index (κ2) is 219. The summed E-state index contributed by atoms with van der Waals surface area (Å²) in [7, 11) is 7.86. The fourth-order valence-corrected chi connectivity index (χ4v) is 4.89. The number of likely N-dealkylation sites (N-methyl/N-ethyl adjacent to an activating group) is 2. The fourth-order valence-electron chi connectivity index (χ4n) is 2.45. The molecule has 4 radical (unpaired) electrons. The molecule has 0 saturated carbocycles. The van der Waals surface area contributed by atoms with E-state index in [1.54, 1.807) is 77.0 Å². The van der Waals surface area contributed by atoms with Crippen molar-refractivity contribution in [3.63, 3.8) is 0 Å². The van der Waals surface area contributed by atoms with Gasteiger partial charge in [-0.3, -0.25) is 0 Å². The summed E-state index contributed by atoms with van der Waals surface area (Å²) in [5, 5.41) is 0. The van der Waals surface area contributed by atoms with Gasteiger partial charge in [0.2, 0.25) is 0 Å². The minimum Gasteiger partial charge on any atom is 0 e. The standard InChI is InChI=1S/2C12H15N.C5H12B3.36W.Y/c2*1-4-7-9-11-13(6-3)12-10-8-5-2;1-3-7-5-8(6)4-2;;;;;;;;;;;;;;;;;;;;;;;;;;;;;;;;;;;;;/h2*1-2,4-5,7-8H,6,11-12H2,3H3;3-5H2,1-2H3;;;;;;;;;;;;;;;;;;;;;;;;;;;;;;;;;;;;;/q2*-2;;;;;;;;;;;;;;;;;;;;;;;;;;;;;;;;;;;;;;. The Morgan fingerprint density at radius 3 is 0.873 bits per heavy atom. The van der Waals surface area contributed by atoms with Gasteiger partial charge in [-0.05, 0) is 0 Å². The molecule has 0 aliphatic heterocycles. The maximum absolute atomic E-state index is 5.63. The SMILES string of the molecule is [B]B(CC)C[B]CC.[CH-]=CC=[C-]CN(CC)C[C](=[W])C=C[CH]=[W].[CH-]=CC=[C-]CN(CC)C[C](=[W])C=C[CH]=[W].[W].[W].[W].[W].[W].[W].[W].[W].[W].[W].[W].[W].[W].[W].[W].[W].[W].[W].[W].[W].[W].[W].[W].[W].[W].[W].[W].[W].[W]=[W].[W]=[W].[Y]. The quantitative estimate of drug-likeness (QED) is 0.104. The molecular weight excluding hydrogens is 7120 g/mol. The second-order valence-corrected chi connectivity index (χ2v) is 13.5. The first-order valence-electron chi connectivity index (χ1n) is 13.1. The van der Waals surface area contributed by atoms with E-state index in [0.29, 0.717) is 6.60 Å². The Morgan fingerprint density at radius 2 is 0.718 bits per heavy atom. The molecule has 0 bridgehead atoms. The third kappa shape index (κ3) is 221. The van der Waals surface area contributed by atoms with Crippen molar-refractivity contribution in [1.29, 1.82) is 0 Å². The Balaban J connectivity index is -0.00000000740. The van der Waals surface area contributed by atoms with Gasteiger partial charge in [-0.1, -0.05) is 26.5 Å². The van der Waals surface area contributed by atoms with Crippen LogP contribution in [0, 0.1) is 25.3 Å². The van der Waals surface area contributed by atoms with Crippen LogP contribution in [0.5, 0.6) is 0 Å². The van der Waals surface area contributed by atoms with Crippen molar-refractivity contribution in [3.05, 3.63) is 73.9 Å². The summed E-state index contributed by atoms with van der Waals surface area (Å²) in [6, 6.07) is 0. The number of hydrogen-bond donors (Lipinski definition) is 0. The van der Waals surface area contributed by atoms with Crippen molar-refractivity contribution >= 4 is 38.2 Å². The molecular formula is C29H42B3N2W36Y-4. The first kappa shape index (κ1) is 226. The molecule has 71 heavy (non-hydrogen) atoms. The smallest absolute Gasteiger partial charge is 0 e. The third-order valence-electron chi connectivity index (χ3n) is 4.72. The van der Waals surface area contributed by atoms with Gasteiger partial charge >= 0.3 is 296 Å². The zero-order chi connectivity index (χ0) is 33.4. The summed E-state index contributed by atoms with van der Waals surface area (Å²) in [5.74, 6) is 0. The molecule has 0 fully saturated rings. The molecule has 0 aliphatic rings. The van der Waals surface area contributed by atoms with Gasteiger partial charge in [0.15, 0.2) is 0 Å². The van der Waals surface area contributed by atoms with Crippen molar-refractivity contribution in [2.75, 3.05) is 39.3 Å². The zero-order valence-electron chi connectivity index (χ0n) is 37.2.